The molecule has 1 heterocycles. The van der Waals surface area contributed by atoms with E-state index < -0.39 is 38.7 Å². The molecule has 21 heavy (non-hydrogen) atoms. The van der Waals surface area contributed by atoms with E-state index in [1.807, 2.05) is 4.72 Å². The van der Waals surface area contributed by atoms with Crippen molar-refractivity contribution in [3.8, 4) is 0 Å². The summed E-state index contributed by atoms with van der Waals surface area (Å²) in [5.74, 6) is -3.01. The van der Waals surface area contributed by atoms with Crippen LogP contribution in [0.1, 0.15) is 12.8 Å². The fourth-order valence-electron chi connectivity index (χ4n) is 1.39. The molecule has 0 bridgehead atoms. The summed E-state index contributed by atoms with van der Waals surface area (Å²) in [5, 5.41) is 8.95. The van der Waals surface area contributed by atoms with Gasteiger partial charge in [-0.05, 0) is 12.5 Å². The number of rotatable bonds is 7. The lowest BCUT2D eigenvalue weighted by atomic mass is 10.2. The number of carboxylic acids is 1. The van der Waals surface area contributed by atoms with E-state index >= 15 is 0 Å². The summed E-state index contributed by atoms with van der Waals surface area (Å²) in [4.78, 5) is 24.8. The van der Waals surface area contributed by atoms with Gasteiger partial charge in [0.25, 0.3) is 0 Å². The maximum Gasteiger partial charge on any atom is 0.321 e. The molecule has 0 radical (unpaired) electrons. The van der Waals surface area contributed by atoms with Crippen LogP contribution in [0.25, 0.3) is 0 Å². The first kappa shape index (κ1) is 17.0. The topological polar surface area (TPSA) is 123 Å². The molecule has 0 aromatic carbocycles. The number of aromatic nitrogens is 1. The molecule has 1 aromatic heterocycles. The first-order valence-electron chi connectivity index (χ1n) is 5.69. The van der Waals surface area contributed by atoms with Gasteiger partial charge in [0.05, 0.1) is 13.3 Å². The average molecular weight is 320 g/mol. The molecule has 0 spiro atoms. The Hall–Kier alpha value is -2.07. The fraction of sp³-hybridized carbons (Fsp3) is 0.364. The minimum absolute atomic E-state index is 0.280. The van der Waals surface area contributed by atoms with Gasteiger partial charge in [-0.25, -0.2) is 12.8 Å². The first-order chi connectivity index (χ1) is 9.76. The molecule has 0 amide bonds. The number of nitrogens with one attached hydrogen (secondary N) is 1. The quantitative estimate of drug-likeness (QED) is 0.673. The van der Waals surface area contributed by atoms with Gasteiger partial charge < -0.3 is 9.84 Å². The molecule has 2 N–H and O–H groups in total. The van der Waals surface area contributed by atoms with Gasteiger partial charge in [0, 0.05) is 12.6 Å². The maximum absolute atomic E-state index is 13.0. The number of esters is 1. The minimum atomic E-state index is -4.27. The number of pyridine rings is 1. The van der Waals surface area contributed by atoms with Gasteiger partial charge in [0.2, 0.25) is 10.0 Å². The summed E-state index contributed by atoms with van der Waals surface area (Å²) in [6, 6.07) is -0.841. The molecule has 0 aliphatic rings. The molecule has 0 aliphatic heterocycles. The highest BCUT2D eigenvalue weighted by atomic mass is 32.2. The van der Waals surface area contributed by atoms with Gasteiger partial charge in [-0.1, -0.05) is 0 Å². The third-order valence-corrected chi connectivity index (χ3v) is 3.89. The van der Waals surface area contributed by atoms with Crippen molar-refractivity contribution in [1.82, 2.24) is 9.71 Å². The molecule has 0 unspecified atom stereocenters. The van der Waals surface area contributed by atoms with E-state index in [2.05, 4.69) is 9.72 Å². The van der Waals surface area contributed by atoms with Crippen molar-refractivity contribution >= 4 is 22.0 Å². The number of carbonyl (C=O) groups excluding carboxylic acids is 1. The number of ether oxygens (including phenoxy) is 1. The number of hydrogen-bond donors (Lipinski definition) is 2. The van der Waals surface area contributed by atoms with Gasteiger partial charge in [-0.2, -0.15) is 4.72 Å². The van der Waals surface area contributed by atoms with Gasteiger partial charge in [-0.15, -0.1) is 0 Å². The van der Waals surface area contributed by atoms with Crippen molar-refractivity contribution < 1.29 is 32.2 Å². The zero-order valence-corrected chi connectivity index (χ0v) is 11.8. The molecule has 8 nitrogen and oxygen atoms in total. The van der Waals surface area contributed by atoms with Crippen LogP contribution < -0.4 is 4.72 Å². The molecule has 0 aliphatic carbocycles. The Labute approximate surface area is 120 Å². The molecule has 1 atom stereocenters. The fourth-order valence-corrected chi connectivity index (χ4v) is 2.59. The number of aliphatic carboxylic acids is 1. The van der Waals surface area contributed by atoms with Gasteiger partial charge in [0.15, 0.2) is 0 Å². The van der Waals surface area contributed by atoms with Crippen LogP contribution in [-0.2, 0) is 24.3 Å². The Morgan fingerprint density at radius 2 is 2.14 bits per heavy atom. The SMILES string of the molecule is COC(=O)CC[C@@H](NS(=O)(=O)c1cncc(F)c1)C(=O)O. The number of nitrogens with zero attached hydrogens (tertiary/aromatic N) is 1. The predicted octanol–water partition coefficient (Wildman–Crippen LogP) is -0.0946. The van der Waals surface area contributed by atoms with Crippen molar-refractivity contribution in [2.75, 3.05) is 7.11 Å². The van der Waals surface area contributed by atoms with Crippen molar-refractivity contribution in [2.45, 2.75) is 23.8 Å². The van der Waals surface area contributed by atoms with E-state index in [0.717, 1.165) is 19.5 Å². The van der Waals surface area contributed by atoms with Crippen LogP contribution in [0.3, 0.4) is 0 Å². The smallest absolute Gasteiger partial charge is 0.321 e. The van der Waals surface area contributed by atoms with Gasteiger partial charge >= 0.3 is 11.9 Å². The largest absolute Gasteiger partial charge is 0.480 e. The standard InChI is InChI=1S/C11H13FN2O6S/c1-20-10(15)3-2-9(11(16)17)14-21(18,19)8-4-7(12)5-13-6-8/h4-6,9,14H,2-3H2,1H3,(H,16,17)/t9-/m1/s1. The van der Waals surface area contributed by atoms with Crippen LogP contribution in [-0.4, -0.2) is 43.6 Å². The van der Waals surface area contributed by atoms with E-state index in [0.29, 0.717) is 6.07 Å². The Morgan fingerprint density at radius 3 is 2.67 bits per heavy atom. The summed E-state index contributed by atoms with van der Waals surface area (Å²) in [6.45, 7) is 0. The number of hydrogen-bond acceptors (Lipinski definition) is 6. The second kappa shape index (κ2) is 7.09. The minimum Gasteiger partial charge on any atom is -0.480 e. The molecule has 0 saturated heterocycles. The molecule has 1 rings (SSSR count). The van der Waals surface area contributed by atoms with E-state index in [1.54, 1.807) is 0 Å². The zero-order valence-electron chi connectivity index (χ0n) is 10.9. The molecule has 1 aromatic rings. The van der Waals surface area contributed by atoms with Crippen LogP contribution in [0.2, 0.25) is 0 Å². The Bertz CT molecular complexity index is 633. The third-order valence-electron chi connectivity index (χ3n) is 2.45. The number of carbonyl (C=O) groups is 2. The van der Waals surface area contributed by atoms with E-state index in [4.69, 9.17) is 5.11 Å². The van der Waals surface area contributed by atoms with Crippen LogP contribution in [0.15, 0.2) is 23.4 Å². The van der Waals surface area contributed by atoms with Gasteiger partial charge in [0.1, 0.15) is 16.8 Å². The lowest BCUT2D eigenvalue weighted by molar-refractivity contribution is -0.142. The number of halogens is 1. The Morgan fingerprint density at radius 1 is 1.48 bits per heavy atom. The molecule has 0 fully saturated rings. The van der Waals surface area contributed by atoms with Crippen molar-refractivity contribution in [3.63, 3.8) is 0 Å². The predicted molar refractivity (Wildman–Crippen MR) is 67.2 cm³/mol. The van der Waals surface area contributed by atoms with Crippen LogP contribution in [0.5, 0.6) is 0 Å². The molecule has 0 saturated carbocycles. The zero-order chi connectivity index (χ0) is 16.0. The molecular weight excluding hydrogens is 307 g/mol. The molecule has 10 heteroatoms. The van der Waals surface area contributed by atoms with Crippen LogP contribution in [0.4, 0.5) is 4.39 Å². The highest BCUT2D eigenvalue weighted by Crippen LogP contribution is 2.11. The first-order valence-corrected chi connectivity index (χ1v) is 7.17. The van der Waals surface area contributed by atoms with E-state index in [-0.39, 0.29) is 12.8 Å². The highest BCUT2D eigenvalue weighted by Gasteiger charge is 2.26. The number of carboxylic acid groups (broad SMARTS) is 1. The van der Waals surface area contributed by atoms with E-state index in [9.17, 15) is 22.4 Å². The third kappa shape index (κ3) is 5.08. The summed E-state index contributed by atoms with van der Waals surface area (Å²) in [5.41, 5.74) is 0. The summed E-state index contributed by atoms with van der Waals surface area (Å²) in [6.07, 6.45) is 1.11. The summed E-state index contributed by atoms with van der Waals surface area (Å²) < 4.78 is 43.0. The monoisotopic (exact) mass is 320 g/mol. The van der Waals surface area contributed by atoms with Crippen molar-refractivity contribution in [2.24, 2.45) is 0 Å². The second-order valence-electron chi connectivity index (χ2n) is 3.97. The molecular formula is C11H13FN2O6S. The molecule has 116 valence electrons. The number of methoxy groups -OCH3 is 1. The van der Waals surface area contributed by atoms with Crippen LogP contribution >= 0.6 is 0 Å². The van der Waals surface area contributed by atoms with Crippen molar-refractivity contribution in [3.05, 3.63) is 24.3 Å². The highest BCUT2D eigenvalue weighted by molar-refractivity contribution is 7.89. The normalized spacial score (nSPS) is 12.7. The summed E-state index contributed by atoms with van der Waals surface area (Å²) in [7, 11) is -3.14. The average Bonchev–Trinajstić information content (AvgIpc) is 2.42. The van der Waals surface area contributed by atoms with Gasteiger partial charge in [-0.3, -0.25) is 14.6 Å². The maximum atomic E-state index is 13.0. The van der Waals surface area contributed by atoms with E-state index in [1.165, 1.54) is 0 Å². The Kier molecular flexibility index (Phi) is 5.73. The second-order valence-corrected chi connectivity index (χ2v) is 5.68. The lowest BCUT2D eigenvalue weighted by Crippen LogP contribution is -2.41. The van der Waals surface area contributed by atoms with Crippen LogP contribution in [0, 0.1) is 5.82 Å². The Balaban J connectivity index is 2.87. The number of sulfonamides is 1. The van der Waals surface area contributed by atoms with Crippen molar-refractivity contribution in [1.29, 1.82) is 0 Å². The summed E-state index contributed by atoms with van der Waals surface area (Å²) >= 11 is 0. The lowest BCUT2D eigenvalue weighted by Gasteiger charge is -2.14.